The van der Waals surface area contributed by atoms with E-state index in [-0.39, 0.29) is 0 Å². The molecule has 3 nitrogen and oxygen atoms in total. The van der Waals surface area contributed by atoms with Crippen LogP contribution in [0.15, 0.2) is 24.5 Å². The smallest absolute Gasteiger partial charge is 0.0911 e. The Kier molecular flexibility index (Phi) is 3.20. The largest absolute Gasteiger partial charge is 0.385 e. The summed E-state index contributed by atoms with van der Waals surface area (Å²) in [5, 5.41) is 14.5. The van der Waals surface area contributed by atoms with Gasteiger partial charge in [0.05, 0.1) is 17.3 Å². The minimum Gasteiger partial charge on any atom is -0.385 e. The number of hydrogen-bond donors (Lipinski definition) is 1. The molecule has 0 atom stereocenters. The molecule has 0 radical (unpaired) electrons. The van der Waals surface area contributed by atoms with Crippen LogP contribution in [-0.2, 0) is 5.60 Å². The Hall–Kier alpha value is -1.35. The standard InChI is InChI=1S/C12H14N2O.C2H6/c1-9-7-13-14-8-10(3-4-11(9)14)12(15)5-2-6-12;1-2/h3-4,7-8,15H,2,5-6H2,1H3;1-2H3. The van der Waals surface area contributed by atoms with Crippen molar-refractivity contribution < 1.29 is 5.11 Å². The average Bonchev–Trinajstić information content (AvgIpc) is 2.70. The lowest BCUT2D eigenvalue weighted by atomic mass is 9.76. The van der Waals surface area contributed by atoms with Gasteiger partial charge in [-0.05, 0) is 37.8 Å². The molecule has 2 aromatic rings. The Balaban J connectivity index is 0.000000514. The molecule has 0 aliphatic heterocycles. The van der Waals surface area contributed by atoms with Crippen LogP contribution in [0.1, 0.15) is 44.2 Å². The van der Waals surface area contributed by atoms with E-state index in [4.69, 9.17) is 0 Å². The van der Waals surface area contributed by atoms with Crippen LogP contribution in [0.3, 0.4) is 0 Å². The molecular formula is C14H20N2O. The van der Waals surface area contributed by atoms with Crippen LogP contribution in [0.5, 0.6) is 0 Å². The summed E-state index contributed by atoms with van der Waals surface area (Å²) in [5.74, 6) is 0. The predicted molar refractivity (Wildman–Crippen MR) is 69.0 cm³/mol. The van der Waals surface area contributed by atoms with Crippen molar-refractivity contribution in [1.29, 1.82) is 0 Å². The Morgan fingerprint density at radius 2 is 2.00 bits per heavy atom. The number of aromatic nitrogens is 2. The third-order valence-electron chi connectivity index (χ3n) is 3.43. The first kappa shape index (κ1) is 12.1. The maximum atomic E-state index is 10.2. The van der Waals surface area contributed by atoms with Crippen LogP contribution >= 0.6 is 0 Å². The van der Waals surface area contributed by atoms with Crippen molar-refractivity contribution in [2.75, 3.05) is 0 Å². The van der Waals surface area contributed by atoms with E-state index in [1.165, 1.54) is 5.56 Å². The molecule has 0 unspecified atom stereocenters. The maximum absolute atomic E-state index is 10.2. The Morgan fingerprint density at radius 3 is 2.59 bits per heavy atom. The second-order valence-electron chi connectivity index (χ2n) is 4.46. The topological polar surface area (TPSA) is 37.5 Å². The molecule has 2 aromatic heterocycles. The number of hydrogen-bond acceptors (Lipinski definition) is 2. The Labute approximate surface area is 102 Å². The van der Waals surface area contributed by atoms with E-state index in [2.05, 4.69) is 5.10 Å². The first-order valence-corrected chi connectivity index (χ1v) is 6.36. The fourth-order valence-corrected chi connectivity index (χ4v) is 2.19. The molecule has 0 spiro atoms. The third-order valence-corrected chi connectivity index (χ3v) is 3.43. The Bertz CT molecular complexity index is 512. The van der Waals surface area contributed by atoms with Crippen LogP contribution in [-0.4, -0.2) is 14.7 Å². The van der Waals surface area contributed by atoms with Crippen molar-refractivity contribution in [2.24, 2.45) is 0 Å². The first-order chi connectivity index (χ1) is 8.19. The van der Waals surface area contributed by atoms with Gasteiger partial charge in [-0.3, -0.25) is 0 Å². The van der Waals surface area contributed by atoms with Gasteiger partial charge in [0.15, 0.2) is 0 Å². The van der Waals surface area contributed by atoms with Crippen LogP contribution < -0.4 is 0 Å². The van der Waals surface area contributed by atoms with Gasteiger partial charge >= 0.3 is 0 Å². The van der Waals surface area contributed by atoms with E-state index in [1.54, 1.807) is 0 Å². The molecule has 0 amide bonds. The number of pyridine rings is 1. The number of nitrogens with zero attached hydrogens (tertiary/aromatic N) is 2. The van der Waals surface area contributed by atoms with Gasteiger partial charge in [0.25, 0.3) is 0 Å². The summed E-state index contributed by atoms with van der Waals surface area (Å²) in [5.41, 5.74) is 2.68. The lowest BCUT2D eigenvalue weighted by Gasteiger charge is -2.36. The van der Waals surface area contributed by atoms with Crippen molar-refractivity contribution in [3.05, 3.63) is 35.7 Å². The van der Waals surface area contributed by atoms with Crippen molar-refractivity contribution in [3.8, 4) is 0 Å². The summed E-state index contributed by atoms with van der Waals surface area (Å²) < 4.78 is 1.85. The van der Waals surface area contributed by atoms with E-state index in [1.807, 2.05) is 49.8 Å². The molecule has 0 saturated heterocycles. The van der Waals surface area contributed by atoms with Gasteiger partial charge in [-0.15, -0.1) is 0 Å². The highest BCUT2D eigenvalue weighted by molar-refractivity contribution is 5.53. The lowest BCUT2D eigenvalue weighted by Crippen LogP contribution is -2.33. The van der Waals surface area contributed by atoms with E-state index in [0.717, 1.165) is 30.3 Å². The maximum Gasteiger partial charge on any atom is 0.0911 e. The molecule has 17 heavy (non-hydrogen) atoms. The molecule has 92 valence electrons. The second-order valence-corrected chi connectivity index (χ2v) is 4.46. The zero-order valence-corrected chi connectivity index (χ0v) is 10.8. The molecule has 2 heterocycles. The lowest BCUT2D eigenvalue weighted by molar-refractivity contribution is -0.0391. The molecule has 0 bridgehead atoms. The predicted octanol–water partition coefficient (Wildman–Crippen LogP) is 3.04. The van der Waals surface area contributed by atoms with Crippen molar-refractivity contribution in [3.63, 3.8) is 0 Å². The molecule has 1 aliphatic carbocycles. The molecule has 0 aromatic carbocycles. The van der Waals surface area contributed by atoms with Gasteiger partial charge in [-0.25, -0.2) is 4.52 Å². The van der Waals surface area contributed by atoms with Crippen molar-refractivity contribution >= 4 is 5.52 Å². The highest BCUT2D eigenvalue weighted by Gasteiger charge is 2.36. The quantitative estimate of drug-likeness (QED) is 0.820. The van der Waals surface area contributed by atoms with E-state index >= 15 is 0 Å². The number of rotatable bonds is 1. The minimum absolute atomic E-state index is 0.589. The second kappa shape index (κ2) is 4.49. The summed E-state index contributed by atoms with van der Waals surface area (Å²) in [6.45, 7) is 6.04. The van der Waals surface area contributed by atoms with E-state index in [9.17, 15) is 5.11 Å². The van der Waals surface area contributed by atoms with Crippen molar-refractivity contribution in [1.82, 2.24) is 9.61 Å². The monoisotopic (exact) mass is 232 g/mol. The highest BCUT2D eigenvalue weighted by atomic mass is 16.3. The minimum atomic E-state index is -0.589. The molecular weight excluding hydrogens is 212 g/mol. The zero-order chi connectivity index (χ0) is 12.5. The van der Waals surface area contributed by atoms with Gasteiger partial charge in [-0.2, -0.15) is 5.10 Å². The Morgan fingerprint density at radius 1 is 1.29 bits per heavy atom. The van der Waals surface area contributed by atoms with Crippen LogP contribution in [0.25, 0.3) is 5.52 Å². The summed E-state index contributed by atoms with van der Waals surface area (Å²) in [6, 6.07) is 4.05. The molecule has 3 rings (SSSR count). The molecule has 1 aliphatic rings. The van der Waals surface area contributed by atoms with E-state index < -0.39 is 5.60 Å². The fourth-order valence-electron chi connectivity index (χ4n) is 2.19. The summed E-state index contributed by atoms with van der Waals surface area (Å²) in [7, 11) is 0. The van der Waals surface area contributed by atoms with Crippen LogP contribution in [0.2, 0.25) is 0 Å². The van der Waals surface area contributed by atoms with Gasteiger partial charge in [0.1, 0.15) is 0 Å². The number of aryl methyl sites for hydroxylation is 1. The summed E-state index contributed by atoms with van der Waals surface area (Å²) in [6.07, 6.45) is 6.66. The molecule has 3 heteroatoms. The van der Waals surface area contributed by atoms with Gasteiger partial charge < -0.3 is 5.11 Å². The normalized spacial score (nSPS) is 17.2. The van der Waals surface area contributed by atoms with Crippen LogP contribution in [0.4, 0.5) is 0 Å². The fraction of sp³-hybridized carbons (Fsp3) is 0.500. The average molecular weight is 232 g/mol. The zero-order valence-electron chi connectivity index (χ0n) is 10.8. The highest BCUT2D eigenvalue weighted by Crippen LogP contribution is 2.40. The molecule has 1 fully saturated rings. The molecule has 1 N–H and O–H groups in total. The third kappa shape index (κ3) is 1.95. The van der Waals surface area contributed by atoms with Gasteiger partial charge in [-0.1, -0.05) is 19.9 Å². The van der Waals surface area contributed by atoms with E-state index in [0.29, 0.717) is 0 Å². The number of aliphatic hydroxyl groups is 1. The summed E-state index contributed by atoms with van der Waals surface area (Å²) >= 11 is 0. The van der Waals surface area contributed by atoms with Crippen molar-refractivity contribution in [2.45, 2.75) is 45.6 Å². The number of fused-ring (bicyclic) bond motifs is 1. The SMILES string of the molecule is CC.Cc1cnn2cc(C3(O)CCC3)ccc12. The molecule has 1 saturated carbocycles. The van der Waals surface area contributed by atoms with Gasteiger partial charge in [0, 0.05) is 11.8 Å². The summed E-state index contributed by atoms with van der Waals surface area (Å²) in [4.78, 5) is 0. The van der Waals surface area contributed by atoms with Crippen LogP contribution in [0, 0.1) is 6.92 Å². The van der Waals surface area contributed by atoms with Gasteiger partial charge in [0.2, 0.25) is 0 Å². The first-order valence-electron chi connectivity index (χ1n) is 6.36.